The maximum absolute atomic E-state index is 11.7. The van der Waals surface area contributed by atoms with E-state index in [9.17, 15) is 4.79 Å². The summed E-state index contributed by atoms with van der Waals surface area (Å²) in [6.45, 7) is 11.4. The van der Waals surface area contributed by atoms with Gasteiger partial charge >= 0.3 is 6.09 Å². The molecule has 0 bridgehead atoms. The maximum atomic E-state index is 11.7. The summed E-state index contributed by atoms with van der Waals surface area (Å²) in [5, 5.41) is 14.8. The molecular weight excluding hydrogens is 260 g/mol. The normalized spacial score (nSPS) is 13.9. The van der Waals surface area contributed by atoms with Crippen LogP contribution in [-0.2, 0) is 10.3 Å². The first-order chi connectivity index (χ1) is 9.03. The minimum absolute atomic E-state index is 0.162. The topological polar surface area (TPSA) is 108 Å². The van der Waals surface area contributed by atoms with Crippen molar-refractivity contribution in [3.05, 3.63) is 5.82 Å². The van der Waals surface area contributed by atoms with E-state index in [-0.39, 0.29) is 12.1 Å². The van der Waals surface area contributed by atoms with Crippen LogP contribution in [-0.4, -0.2) is 38.4 Å². The Hall–Kier alpha value is -1.70. The van der Waals surface area contributed by atoms with Gasteiger partial charge in [-0.15, -0.1) is 10.2 Å². The van der Waals surface area contributed by atoms with Crippen molar-refractivity contribution in [1.82, 2.24) is 25.5 Å². The van der Waals surface area contributed by atoms with E-state index in [1.807, 2.05) is 20.8 Å². The number of carbonyl (C=O) groups excluding carboxylic acids is 1. The summed E-state index contributed by atoms with van der Waals surface area (Å²) in [5.74, 6) is 0.369. The molecule has 1 amide bonds. The van der Waals surface area contributed by atoms with Crippen molar-refractivity contribution in [2.75, 3.05) is 6.54 Å². The fourth-order valence-electron chi connectivity index (χ4n) is 1.33. The number of carbonyl (C=O) groups is 1. The van der Waals surface area contributed by atoms with Crippen molar-refractivity contribution >= 4 is 6.09 Å². The number of rotatable bonds is 3. The van der Waals surface area contributed by atoms with Crippen molar-refractivity contribution in [3.8, 4) is 0 Å². The predicted octanol–water partition coefficient (Wildman–Crippen LogP) is 0.953. The van der Waals surface area contributed by atoms with Gasteiger partial charge in [0, 0.05) is 6.54 Å². The molecule has 8 nitrogen and oxygen atoms in total. The fraction of sp³-hybridized carbons (Fsp3) is 0.833. The Labute approximate surface area is 119 Å². The molecule has 0 spiro atoms. The van der Waals surface area contributed by atoms with Gasteiger partial charge in [-0.25, -0.2) is 4.79 Å². The molecule has 1 aromatic rings. The highest BCUT2D eigenvalue weighted by Crippen LogP contribution is 2.13. The van der Waals surface area contributed by atoms with E-state index in [1.165, 1.54) is 4.80 Å². The summed E-state index contributed by atoms with van der Waals surface area (Å²) in [6, 6.07) is -0.527. The Bertz CT molecular complexity index is 457. The quantitative estimate of drug-likeness (QED) is 0.855. The van der Waals surface area contributed by atoms with Crippen LogP contribution >= 0.6 is 0 Å². The lowest BCUT2D eigenvalue weighted by atomic mass is 10.1. The third-order valence-corrected chi connectivity index (χ3v) is 2.27. The van der Waals surface area contributed by atoms with Crippen molar-refractivity contribution in [2.45, 2.75) is 58.7 Å². The maximum Gasteiger partial charge on any atom is 0.408 e. The predicted molar refractivity (Wildman–Crippen MR) is 74.0 cm³/mol. The molecule has 0 fully saturated rings. The van der Waals surface area contributed by atoms with Gasteiger partial charge in [-0.3, -0.25) is 0 Å². The number of alkyl carbamates (subject to hydrolysis) is 1. The highest BCUT2D eigenvalue weighted by Gasteiger charge is 2.24. The van der Waals surface area contributed by atoms with Gasteiger partial charge in [0.2, 0.25) is 0 Å². The molecule has 0 aliphatic rings. The summed E-state index contributed by atoms with van der Waals surface area (Å²) in [5.41, 5.74) is 4.80. The van der Waals surface area contributed by atoms with Gasteiger partial charge in [0.15, 0.2) is 5.82 Å². The van der Waals surface area contributed by atoms with Crippen LogP contribution in [0.1, 0.15) is 53.4 Å². The van der Waals surface area contributed by atoms with Gasteiger partial charge in [-0.2, -0.15) is 4.80 Å². The largest absolute Gasteiger partial charge is 0.444 e. The van der Waals surface area contributed by atoms with E-state index in [0.717, 1.165) is 0 Å². The first kappa shape index (κ1) is 16.4. The molecule has 0 aliphatic carbocycles. The van der Waals surface area contributed by atoms with Crippen LogP contribution in [0, 0.1) is 0 Å². The SMILES string of the molecule is CC(C)(C)OC(=O)NC(CN)c1nnn(C(C)(C)C)n1. The van der Waals surface area contributed by atoms with Crippen molar-refractivity contribution in [2.24, 2.45) is 5.73 Å². The average Bonchev–Trinajstić information content (AvgIpc) is 2.71. The molecule has 1 atom stereocenters. The number of tetrazole rings is 1. The van der Waals surface area contributed by atoms with E-state index in [0.29, 0.717) is 5.82 Å². The molecule has 0 saturated heterocycles. The number of aromatic nitrogens is 4. The van der Waals surface area contributed by atoms with E-state index >= 15 is 0 Å². The second-order valence-electron chi connectivity index (χ2n) is 6.54. The molecule has 0 radical (unpaired) electrons. The molecule has 114 valence electrons. The Morgan fingerprint density at radius 3 is 2.35 bits per heavy atom. The number of nitrogens with two attached hydrogens (primary N) is 1. The summed E-state index contributed by atoms with van der Waals surface area (Å²) < 4.78 is 5.18. The van der Waals surface area contributed by atoms with Crippen LogP contribution < -0.4 is 11.1 Å². The first-order valence-electron chi connectivity index (χ1n) is 6.53. The Balaban J connectivity index is 2.77. The summed E-state index contributed by atoms with van der Waals surface area (Å²) in [7, 11) is 0. The highest BCUT2D eigenvalue weighted by molar-refractivity contribution is 5.68. The van der Waals surface area contributed by atoms with Gasteiger partial charge in [-0.05, 0) is 46.8 Å². The molecule has 0 aromatic carbocycles. The minimum atomic E-state index is -0.570. The van der Waals surface area contributed by atoms with Crippen LogP contribution in [0.5, 0.6) is 0 Å². The molecule has 0 saturated carbocycles. The van der Waals surface area contributed by atoms with Crippen LogP contribution in [0.15, 0.2) is 0 Å². The second-order valence-corrected chi connectivity index (χ2v) is 6.54. The lowest BCUT2D eigenvalue weighted by Gasteiger charge is -2.21. The average molecular weight is 284 g/mol. The van der Waals surface area contributed by atoms with Crippen molar-refractivity contribution < 1.29 is 9.53 Å². The molecule has 3 N–H and O–H groups in total. The number of hydrogen-bond acceptors (Lipinski definition) is 6. The lowest BCUT2D eigenvalue weighted by Crippen LogP contribution is -2.38. The molecule has 8 heteroatoms. The van der Waals surface area contributed by atoms with Crippen LogP contribution in [0.4, 0.5) is 4.79 Å². The third kappa shape index (κ3) is 4.76. The van der Waals surface area contributed by atoms with E-state index in [2.05, 4.69) is 20.7 Å². The standard InChI is InChI=1S/C12H24N6O2/c1-11(2,3)18-16-9(15-17-18)8(7-13)14-10(19)20-12(4,5)6/h8H,7,13H2,1-6H3,(H,14,19). The third-order valence-electron chi connectivity index (χ3n) is 2.27. The van der Waals surface area contributed by atoms with Crippen LogP contribution in [0.3, 0.4) is 0 Å². The second kappa shape index (κ2) is 5.74. The van der Waals surface area contributed by atoms with Gasteiger partial charge in [-0.1, -0.05) is 0 Å². The zero-order chi connectivity index (χ0) is 15.6. The van der Waals surface area contributed by atoms with Crippen molar-refractivity contribution in [1.29, 1.82) is 0 Å². The highest BCUT2D eigenvalue weighted by atomic mass is 16.6. The van der Waals surface area contributed by atoms with Gasteiger partial charge in [0.25, 0.3) is 0 Å². The zero-order valence-corrected chi connectivity index (χ0v) is 13.0. The van der Waals surface area contributed by atoms with Gasteiger partial charge < -0.3 is 15.8 Å². The lowest BCUT2D eigenvalue weighted by molar-refractivity contribution is 0.0503. The van der Waals surface area contributed by atoms with Gasteiger partial charge in [0.1, 0.15) is 11.6 Å². The van der Waals surface area contributed by atoms with E-state index < -0.39 is 17.7 Å². The summed E-state index contributed by atoms with van der Waals surface area (Å²) in [4.78, 5) is 13.2. The minimum Gasteiger partial charge on any atom is -0.444 e. The molecule has 1 heterocycles. The fourth-order valence-corrected chi connectivity index (χ4v) is 1.33. The monoisotopic (exact) mass is 284 g/mol. The Morgan fingerprint density at radius 2 is 1.95 bits per heavy atom. The number of nitrogens with zero attached hydrogens (tertiary/aromatic N) is 4. The number of amides is 1. The Morgan fingerprint density at radius 1 is 1.35 bits per heavy atom. The van der Waals surface area contributed by atoms with Gasteiger partial charge in [0.05, 0.1) is 5.54 Å². The molecular formula is C12H24N6O2. The molecule has 1 aromatic heterocycles. The zero-order valence-electron chi connectivity index (χ0n) is 13.0. The molecule has 20 heavy (non-hydrogen) atoms. The first-order valence-corrected chi connectivity index (χ1v) is 6.53. The number of hydrogen-bond donors (Lipinski definition) is 2. The van der Waals surface area contributed by atoms with E-state index in [4.69, 9.17) is 10.5 Å². The Kier molecular flexibility index (Phi) is 4.69. The molecule has 0 aliphatic heterocycles. The molecule has 1 unspecified atom stereocenters. The summed E-state index contributed by atoms with van der Waals surface area (Å²) in [6.07, 6.45) is -0.556. The smallest absolute Gasteiger partial charge is 0.408 e. The van der Waals surface area contributed by atoms with Crippen LogP contribution in [0.2, 0.25) is 0 Å². The van der Waals surface area contributed by atoms with Crippen molar-refractivity contribution in [3.63, 3.8) is 0 Å². The van der Waals surface area contributed by atoms with E-state index in [1.54, 1.807) is 20.8 Å². The summed E-state index contributed by atoms with van der Waals surface area (Å²) >= 11 is 0. The number of ether oxygens (including phenoxy) is 1. The number of nitrogens with one attached hydrogen (secondary N) is 1. The molecule has 1 rings (SSSR count). The van der Waals surface area contributed by atoms with Crippen LogP contribution in [0.25, 0.3) is 0 Å².